The number of hydrogen-bond donors (Lipinski definition) is 4. The summed E-state index contributed by atoms with van der Waals surface area (Å²) in [5.41, 5.74) is 4.60. The highest BCUT2D eigenvalue weighted by Crippen LogP contribution is 2.41. The fourth-order valence-electron chi connectivity index (χ4n) is 2.32. The van der Waals surface area contributed by atoms with E-state index < -0.39 is 44.7 Å². The minimum absolute atomic E-state index is 0.0166. The van der Waals surface area contributed by atoms with Crippen molar-refractivity contribution in [3.8, 4) is 0 Å². The zero-order valence-corrected chi connectivity index (χ0v) is 14.0. The third-order valence-corrected chi connectivity index (χ3v) is 4.41. The third kappa shape index (κ3) is 3.93. The summed E-state index contributed by atoms with van der Waals surface area (Å²) in [6, 6.07) is 1.31. The van der Waals surface area contributed by atoms with Gasteiger partial charge in [-0.2, -0.15) is 9.71 Å². The SMILES string of the molecule is Nc1ccn([C@@H]2O[C@H](COP(=O)(O)On3ccnc3)[C@@H](O)[C@H]2O)c(=O)n1. The zero-order valence-electron chi connectivity index (χ0n) is 13.1. The molecule has 26 heavy (non-hydrogen) atoms. The molecule has 2 aromatic heterocycles. The van der Waals surface area contributed by atoms with Gasteiger partial charge in [-0.1, -0.05) is 0 Å². The molecule has 14 heteroatoms. The van der Waals surface area contributed by atoms with Crippen LogP contribution in [0, 0.1) is 0 Å². The van der Waals surface area contributed by atoms with Crippen molar-refractivity contribution >= 4 is 13.6 Å². The van der Waals surface area contributed by atoms with Gasteiger partial charge in [-0.15, -0.1) is 0 Å². The van der Waals surface area contributed by atoms with Crippen molar-refractivity contribution in [3.63, 3.8) is 0 Å². The van der Waals surface area contributed by atoms with Crippen molar-refractivity contribution in [2.45, 2.75) is 24.5 Å². The first kappa shape index (κ1) is 18.5. The van der Waals surface area contributed by atoms with Crippen LogP contribution in [0.5, 0.6) is 0 Å². The maximum absolute atomic E-state index is 11.9. The van der Waals surface area contributed by atoms with Crippen LogP contribution < -0.4 is 16.0 Å². The van der Waals surface area contributed by atoms with Gasteiger partial charge in [0.2, 0.25) is 0 Å². The average Bonchev–Trinajstić information content (AvgIpc) is 3.16. The van der Waals surface area contributed by atoms with E-state index in [1.807, 2.05) is 0 Å². The fraction of sp³-hybridized carbons (Fsp3) is 0.417. The van der Waals surface area contributed by atoms with E-state index in [0.717, 1.165) is 15.6 Å². The Balaban J connectivity index is 1.66. The molecule has 0 radical (unpaired) electrons. The second-order valence-electron chi connectivity index (χ2n) is 5.36. The number of imidazole rings is 1. The Morgan fingerprint density at radius 1 is 1.35 bits per heavy atom. The van der Waals surface area contributed by atoms with Crippen LogP contribution in [0.15, 0.2) is 35.8 Å². The van der Waals surface area contributed by atoms with Gasteiger partial charge in [-0.25, -0.2) is 14.3 Å². The Morgan fingerprint density at radius 3 is 2.77 bits per heavy atom. The molecule has 1 unspecified atom stereocenters. The number of aliphatic hydroxyl groups excluding tert-OH is 2. The van der Waals surface area contributed by atoms with E-state index in [0.29, 0.717) is 0 Å². The van der Waals surface area contributed by atoms with Crippen LogP contribution in [-0.4, -0.2) is 59.3 Å². The molecular formula is C12H16N5O8P. The minimum Gasteiger partial charge on any atom is -0.387 e. The van der Waals surface area contributed by atoms with Crippen molar-refractivity contribution < 1.29 is 33.6 Å². The molecule has 0 aromatic carbocycles. The average molecular weight is 389 g/mol. The summed E-state index contributed by atoms with van der Waals surface area (Å²) in [6.07, 6.45) is -0.493. The van der Waals surface area contributed by atoms with Crippen LogP contribution in [0.1, 0.15) is 6.23 Å². The number of nitrogens with two attached hydrogens (primary N) is 1. The molecule has 1 aliphatic rings. The summed E-state index contributed by atoms with van der Waals surface area (Å²) in [6.45, 7) is -0.589. The first-order chi connectivity index (χ1) is 12.3. The van der Waals surface area contributed by atoms with Gasteiger partial charge in [0.05, 0.1) is 12.8 Å². The van der Waals surface area contributed by atoms with E-state index in [2.05, 4.69) is 14.6 Å². The highest BCUT2D eigenvalue weighted by atomic mass is 31.2. The third-order valence-electron chi connectivity index (χ3n) is 3.54. The number of rotatable bonds is 6. The van der Waals surface area contributed by atoms with Crippen molar-refractivity contribution in [2.75, 3.05) is 12.3 Å². The summed E-state index contributed by atoms with van der Waals surface area (Å²) in [5.74, 6) is -0.0166. The normalized spacial score (nSPS) is 28.0. The molecule has 5 N–H and O–H groups in total. The number of phosphoric ester groups is 1. The minimum atomic E-state index is -4.53. The van der Waals surface area contributed by atoms with E-state index in [9.17, 15) is 24.5 Å². The number of anilines is 1. The molecule has 13 nitrogen and oxygen atoms in total. The number of phosphoric acid groups is 1. The summed E-state index contributed by atoms with van der Waals surface area (Å²) in [4.78, 5) is 28.6. The summed E-state index contributed by atoms with van der Waals surface area (Å²) in [7, 11) is -4.53. The molecule has 1 aliphatic heterocycles. The number of aliphatic hydroxyl groups is 2. The molecule has 3 heterocycles. The van der Waals surface area contributed by atoms with Gasteiger partial charge >= 0.3 is 13.5 Å². The quantitative estimate of drug-likeness (QED) is 0.396. The van der Waals surface area contributed by atoms with Gasteiger partial charge in [0, 0.05) is 12.4 Å². The van der Waals surface area contributed by atoms with Crippen molar-refractivity contribution in [2.24, 2.45) is 0 Å². The van der Waals surface area contributed by atoms with Crippen LogP contribution in [0.3, 0.4) is 0 Å². The van der Waals surface area contributed by atoms with Crippen LogP contribution in [0.2, 0.25) is 0 Å². The Bertz CT molecular complexity index is 858. The van der Waals surface area contributed by atoms with Gasteiger partial charge in [0.25, 0.3) is 0 Å². The van der Waals surface area contributed by atoms with Crippen LogP contribution in [0.25, 0.3) is 0 Å². The number of hydrogen-bond acceptors (Lipinski definition) is 10. The molecule has 5 atom stereocenters. The number of nitrogens with zero attached hydrogens (tertiary/aromatic N) is 4. The molecule has 0 saturated carbocycles. The lowest BCUT2D eigenvalue weighted by Gasteiger charge is -2.17. The van der Waals surface area contributed by atoms with Gasteiger partial charge in [0.1, 0.15) is 30.5 Å². The first-order valence-corrected chi connectivity index (χ1v) is 8.78. The highest BCUT2D eigenvalue weighted by molar-refractivity contribution is 7.47. The molecule has 142 valence electrons. The molecule has 1 fully saturated rings. The van der Waals surface area contributed by atoms with Crippen LogP contribution in [0.4, 0.5) is 5.82 Å². The predicted molar refractivity (Wildman–Crippen MR) is 83.4 cm³/mol. The first-order valence-electron chi connectivity index (χ1n) is 7.28. The second kappa shape index (κ2) is 7.15. The number of ether oxygens (including phenoxy) is 1. The highest BCUT2D eigenvalue weighted by Gasteiger charge is 2.45. The molecule has 0 bridgehead atoms. The van der Waals surface area contributed by atoms with Crippen molar-refractivity contribution in [1.82, 2.24) is 19.3 Å². The van der Waals surface area contributed by atoms with Gasteiger partial charge in [-0.05, 0) is 6.07 Å². The lowest BCUT2D eigenvalue weighted by Crippen LogP contribution is -2.36. The second-order valence-corrected chi connectivity index (χ2v) is 6.72. The summed E-state index contributed by atoms with van der Waals surface area (Å²) in [5, 5.41) is 20.1. The molecule has 0 aliphatic carbocycles. The van der Waals surface area contributed by atoms with Crippen molar-refractivity contribution in [1.29, 1.82) is 0 Å². The van der Waals surface area contributed by atoms with E-state index in [-0.39, 0.29) is 5.82 Å². The monoisotopic (exact) mass is 389 g/mol. The van der Waals surface area contributed by atoms with Crippen LogP contribution >= 0.6 is 7.82 Å². The summed E-state index contributed by atoms with van der Waals surface area (Å²) >= 11 is 0. The Labute approximate surface area is 145 Å². The Hall–Kier alpha value is -2.28. The van der Waals surface area contributed by atoms with E-state index >= 15 is 0 Å². The fourth-order valence-corrected chi connectivity index (χ4v) is 3.04. The molecule has 2 aromatic rings. The lowest BCUT2D eigenvalue weighted by atomic mass is 10.1. The maximum atomic E-state index is 11.9. The van der Waals surface area contributed by atoms with Gasteiger partial charge in [-0.3, -0.25) is 14.0 Å². The lowest BCUT2D eigenvalue weighted by molar-refractivity contribution is -0.0552. The molecule has 0 amide bonds. The maximum Gasteiger partial charge on any atom is 0.546 e. The van der Waals surface area contributed by atoms with Gasteiger partial charge < -0.3 is 25.3 Å². The molecule has 1 saturated heterocycles. The largest absolute Gasteiger partial charge is 0.546 e. The topological polar surface area (TPSA) is 184 Å². The predicted octanol–water partition coefficient (Wildman–Crippen LogP) is -2.11. The smallest absolute Gasteiger partial charge is 0.387 e. The number of aromatic nitrogens is 4. The Morgan fingerprint density at radius 2 is 2.12 bits per heavy atom. The summed E-state index contributed by atoms with van der Waals surface area (Å²) < 4.78 is 28.5. The number of nitrogen functional groups attached to an aromatic ring is 1. The van der Waals surface area contributed by atoms with Crippen LogP contribution in [-0.2, 0) is 13.8 Å². The van der Waals surface area contributed by atoms with Crippen molar-refractivity contribution in [3.05, 3.63) is 41.5 Å². The molecular weight excluding hydrogens is 373 g/mol. The standard InChI is InChI=1S/C12H16N5O8P/c13-8-1-3-17(12(20)15-8)11-10(19)9(18)7(24-11)5-23-26(21,22)25-16-4-2-14-6-16/h1-4,6-7,9-11,18-19H,5H2,(H,21,22)(H2,13,15,20)/t7-,9-,10-,11-/m1/s1. The van der Waals surface area contributed by atoms with Gasteiger partial charge in [0.15, 0.2) is 6.23 Å². The van der Waals surface area contributed by atoms with E-state index in [4.69, 9.17) is 15.0 Å². The molecule has 0 spiro atoms. The van der Waals surface area contributed by atoms with E-state index in [1.165, 1.54) is 24.7 Å². The van der Waals surface area contributed by atoms with E-state index in [1.54, 1.807) is 0 Å². The molecule has 3 rings (SSSR count). The zero-order chi connectivity index (χ0) is 18.9. The Kier molecular flexibility index (Phi) is 5.09.